The van der Waals surface area contributed by atoms with Gasteiger partial charge in [0.2, 0.25) is 17.7 Å². The normalized spacial score (nSPS) is 12.9. The number of aliphatic imine (C=N–C) groups is 1. The number of nitrogens with two attached hydrogens (primary N) is 2. The molecular formula is C27H47N7O8. The fourth-order valence-corrected chi connectivity index (χ4v) is 4.10. The van der Waals surface area contributed by atoms with E-state index >= 15 is 0 Å². The van der Waals surface area contributed by atoms with E-state index in [0.717, 1.165) is 51.4 Å². The summed E-state index contributed by atoms with van der Waals surface area (Å²) >= 11 is 0. The zero-order chi connectivity index (χ0) is 31.6. The molecule has 0 aliphatic carbocycles. The van der Waals surface area contributed by atoms with Crippen LogP contribution in [0, 0.1) is 4.91 Å². The number of nitrogens with zero attached hydrogens (tertiary/aromatic N) is 3. The van der Waals surface area contributed by atoms with Gasteiger partial charge in [0.15, 0.2) is 6.54 Å². The number of aliphatic carboxylic acids is 2. The molecule has 0 rings (SSSR count). The fraction of sp³-hybridized carbons (Fsp3) is 0.741. The maximum Gasteiger partial charge on any atom is 0.326 e. The summed E-state index contributed by atoms with van der Waals surface area (Å²) in [6.07, 6.45) is 13.8. The summed E-state index contributed by atoms with van der Waals surface area (Å²) in [4.78, 5) is 71.5. The molecule has 0 saturated heterocycles. The Morgan fingerprint density at radius 3 is 1.69 bits per heavy atom. The molecule has 0 spiro atoms. The van der Waals surface area contributed by atoms with Gasteiger partial charge in [-0.05, 0) is 19.3 Å². The standard InChI is InChI=1S/C27H47N7O8/c28-26(39)22(33-24(36)19-31-42)17-20(34-29)18-30-16-15-21(27(40)41)32-23(35)13-11-9-7-5-3-1-2-4-6-8-10-12-14-25(37)38/h18,21-22H,1-17,19,29H2,(H2,28,39)(H,32,35)(H,33,36)(H,37,38)(H,40,41)/t21-,22?/m0/s1. The molecule has 0 radical (unpaired) electrons. The van der Waals surface area contributed by atoms with Crippen LogP contribution in [0.1, 0.15) is 103 Å². The topological polar surface area (TPSA) is 256 Å². The highest BCUT2D eigenvalue weighted by Crippen LogP contribution is 2.13. The Labute approximate surface area is 246 Å². The van der Waals surface area contributed by atoms with Gasteiger partial charge in [-0.25, -0.2) is 4.79 Å². The number of hydrogen-bond donors (Lipinski definition) is 6. The van der Waals surface area contributed by atoms with E-state index in [1.54, 1.807) is 0 Å². The molecule has 0 aromatic heterocycles. The number of amides is 3. The predicted molar refractivity (Wildman–Crippen MR) is 158 cm³/mol. The molecule has 0 aromatic rings. The second kappa shape index (κ2) is 24.9. The van der Waals surface area contributed by atoms with Gasteiger partial charge >= 0.3 is 11.9 Å². The number of hydrazone groups is 1. The molecule has 0 aliphatic heterocycles. The Morgan fingerprint density at radius 2 is 1.24 bits per heavy atom. The molecule has 0 bridgehead atoms. The van der Waals surface area contributed by atoms with E-state index in [2.05, 4.69) is 25.9 Å². The average Bonchev–Trinajstić information content (AvgIpc) is 2.93. The zero-order valence-electron chi connectivity index (χ0n) is 24.3. The lowest BCUT2D eigenvalue weighted by molar-refractivity contribution is -0.142. The molecule has 0 fully saturated rings. The van der Waals surface area contributed by atoms with Crippen LogP contribution >= 0.6 is 0 Å². The summed E-state index contributed by atoms with van der Waals surface area (Å²) in [6, 6.07) is -2.32. The minimum atomic E-state index is -1.20. The first-order valence-corrected chi connectivity index (χ1v) is 14.5. The van der Waals surface area contributed by atoms with E-state index in [-0.39, 0.29) is 43.8 Å². The van der Waals surface area contributed by atoms with Gasteiger partial charge in [0, 0.05) is 32.0 Å². The van der Waals surface area contributed by atoms with Crippen molar-refractivity contribution in [2.45, 2.75) is 115 Å². The summed E-state index contributed by atoms with van der Waals surface area (Å²) in [5.74, 6) is 1.35. The monoisotopic (exact) mass is 597 g/mol. The van der Waals surface area contributed by atoms with Crippen LogP contribution in [-0.2, 0) is 24.0 Å². The second-order valence-corrected chi connectivity index (χ2v) is 10.1. The van der Waals surface area contributed by atoms with Crippen molar-refractivity contribution in [2.24, 2.45) is 26.8 Å². The van der Waals surface area contributed by atoms with Crippen LogP contribution in [0.4, 0.5) is 0 Å². The lowest BCUT2D eigenvalue weighted by Gasteiger charge is -2.14. The van der Waals surface area contributed by atoms with E-state index in [9.17, 15) is 34.0 Å². The number of primary amides is 1. The Morgan fingerprint density at radius 1 is 0.738 bits per heavy atom. The first kappa shape index (κ1) is 38.1. The highest BCUT2D eigenvalue weighted by molar-refractivity contribution is 6.31. The van der Waals surface area contributed by atoms with Crippen molar-refractivity contribution in [3.05, 3.63) is 4.91 Å². The van der Waals surface area contributed by atoms with Crippen molar-refractivity contribution < 1.29 is 34.2 Å². The van der Waals surface area contributed by atoms with Crippen molar-refractivity contribution in [2.75, 3.05) is 13.1 Å². The quantitative estimate of drug-likeness (QED) is 0.0266. The third kappa shape index (κ3) is 21.9. The minimum absolute atomic E-state index is 0.0126. The summed E-state index contributed by atoms with van der Waals surface area (Å²) < 4.78 is 0. The molecule has 0 saturated carbocycles. The van der Waals surface area contributed by atoms with Gasteiger partial charge in [-0.15, -0.1) is 0 Å². The van der Waals surface area contributed by atoms with E-state index in [0.29, 0.717) is 6.42 Å². The summed E-state index contributed by atoms with van der Waals surface area (Å²) in [7, 11) is 0. The van der Waals surface area contributed by atoms with Crippen LogP contribution < -0.4 is 22.2 Å². The fourth-order valence-electron chi connectivity index (χ4n) is 4.10. The number of carbonyl (C=O) groups is 5. The SMILES string of the molecule is NN=C(C=NCC[C@H](NC(=O)CCCCCCCCCCCCCCC(=O)O)C(=O)O)CC(NC(=O)CN=O)C(N)=O. The lowest BCUT2D eigenvalue weighted by Crippen LogP contribution is -2.46. The molecule has 0 aromatic carbocycles. The van der Waals surface area contributed by atoms with Crippen LogP contribution in [0.2, 0.25) is 0 Å². The van der Waals surface area contributed by atoms with Crippen molar-refractivity contribution >= 4 is 41.6 Å². The number of carboxylic acids is 2. The van der Waals surface area contributed by atoms with Crippen molar-refractivity contribution in [1.29, 1.82) is 0 Å². The van der Waals surface area contributed by atoms with Crippen molar-refractivity contribution in [3.63, 3.8) is 0 Å². The van der Waals surface area contributed by atoms with Crippen LogP contribution in [0.15, 0.2) is 15.3 Å². The summed E-state index contributed by atoms with van der Waals surface area (Å²) in [5.41, 5.74) is 5.34. The first-order chi connectivity index (χ1) is 20.1. The third-order valence-corrected chi connectivity index (χ3v) is 6.43. The highest BCUT2D eigenvalue weighted by atomic mass is 16.4. The van der Waals surface area contributed by atoms with E-state index < -0.39 is 42.4 Å². The average molecular weight is 598 g/mol. The smallest absolute Gasteiger partial charge is 0.326 e. The summed E-state index contributed by atoms with van der Waals surface area (Å²) in [6.45, 7) is -0.666. The Kier molecular flexibility index (Phi) is 22.5. The number of unbranched alkanes of at least 4 members (excludes halogenated alkanes) is 11. The van der Waals surface area contributed by atoms with Gasteiger partial charge < -0.3 is 32.4 Å². The number of nitrogens with one attached hydrogen (secondary N) is 2. The van der Waals surface area contributed by atoms with E-state index in [1.165, 1.54) is 25.5 Å². The molecule has 0 aliphatic rings. The second-order valence-electron chi connectivity index (χ2n) is 10.1. The molecule has 15 nitrogen and oxygen atoms in total. The van der Waals surface area contributed by atoms with Crippen molar-refractivity contribution in [1.82, 2.24) is 10.6 Å². The molecular weight excluding hydrogens is 550 g/mol. The van der Waals surface area contributed by atoms with Gasteiger partial charge in [0.25, 0.3) is 0 Å². The zero-order valence-corrected chi connectivity index (χ0v) is 24.3. The molecule has 238 valence electrons. The van der Waals surface area contributed by atoms with Crippen LogP contribution in [0.25, 0.3) is 0 Å². The number of carboxylic acid groups (broad SMARTS) is 2. The molecule has 15 heteroatoms. The maximum absolute atomic E-state index is 12.2. The Hall–Kier alpha value is -3.91. The van der Waals surface area contributed by atoms with Gasteiger partial charge in [0.1, 0.15) is 12.1 Å². The third-order valence-electron chi connectivity index (χ3n) is 6.43. The summed E-state index contributed by atoms with van der Waals surface area (Å²) in [5, 5.41) is 28.7. The molecule has 0 heterocycles. The molecule has 1 unspecified atom stereocenters. The van der Waals surface area contributed by atoms with Gasteiger partial charge in [0.05, 0.1) is 5.71 Å². The van der Waals surface area contributed by atoms with E-state index in [4.69, 9.17) is 16.7 Å². The van der Waals surface area contributed by atoms with Gasteiger partial charge in [-0.3, -0.25) is 24.2 Å². The number of nitroso groups, excluding NO2 is 1. The minimum Gasteiger partial charge on any atom is -0.481 e. The highest BCUT2D eigenvalue weighted by Gasteiger charge is 2.21. The van der Waals surface area contributed by atoms with Crippen molar-refractivity contribution in [3.8, 4) is 0 Å². The Bertz CT molecular complexity index is 911. The number of hydrogen-bond acceptors (Lipinski definition) is 10. The number of carbonyl (C=O) groups excluding carboxylic acids is 3. The largest absolute Gasteiger partial charge is 0.481 e. The van der Waals surface area contributed by atoms with Crippen LogP contribution in [0.3, 0.4) is 0 Å². The van der Waals surface area contributed by atoms with Gasteiger partial charge in [-0.1, -0.05) is 69.4 Å². The maximum atomic E-state index is 12.2. The molecule has 8 N–H and O–H groups in total. The predicted octanol–water partition coefficient (Wildman–Crippen LogP) is 2.00. The van der Waals surface area contributed by atoms with Gasteiger partial charge in [-0.2, -0.15) is 10.0 Å². The lowest BCUT2D eigenvalue weighted by atomic mass is 10.0. The van der Waals surface area contributed by atoms with Crippen LogP contribution in [-0.4, -0.2) is 77.0 Å². The molecule has 42 heavy (non-hydrogen) atoms. The Balaban J connectivity index is 4.15. The first-order valence-electron chi connectivity index (χ1n) is 14.5. The molecule has 3 amide bonds. The van der Waals surface area contributed by atoms with Crippen LogP contribution in [0.5, 0.6) is 0 Å². The number of rotatable bonds is 27. The van der Waals surface area contributed by atoms with E-state index in [1.807, 2.05) is 0 Å². The molecule has 2 atom stereocenters.